The molecule has 84 valence electrons. The van der Waals surface area contributed by atoms with Gasteiger partial charge in [0, 0.05) is 12.0 Å². The lowest BCUT2D eigenvalue weighted by atomic mass is 10.3. The monoisotopic (exact) mass is 228 g/mol. The molecule has 0 atom stereocenters. The Morgan fingerprint density at radius 3 is 2.53 bits per heavy atom. The van der Waals surface area contributed by atoms with Crippen LogP contribution >= 0.6 is 11.6 Å². The maximum atomic E-state index is 6.00. The topological polar surface area (TPSA) is 35.0 Å². The number of hydrogen-bond donors (Lipinski definition) is 0. The van der Waals surface area contributed by atoms with Crippen molar-refractivity contribution in [2.24, 2.45) is 0 Å². The molecule has 0 saturated heterocycles. The minimum atomic E-state index is 0.500. The fourth-order valence-electron chi connectivity index (χ4n) is 1.19. The quantitative estimate of drug-likeness (QED) is 0.726. The second-order valence-electron chi connectivity index (χ2n) is 3.46. The van der Waals surface area contributed by atoms with Crippen molar-refractivity contribution < 1.29 is 4.74 Å². The fourth-order valence-corrected chi connectivity index (χ4v) is 1.36. The second kappa shape index (κ2) is 5.91. The lowest BCUT2D eigenvalue weighted by molar-refractivity contribution is 0.301. The molecule has 1 heterocycles. The lowest BCUT2D eigenvalue weighted by Crippen LogP contribution is -2.04. The van der Waals surface area contributed by atoms with E-state index in [2.05, 4.69) is 23.8 Å². The van der Waals surface area contributed by atoms with Crippen LogP contribution in [0.25, 0.3) is 0 Å². The number of ether oxygens (including phenoxy) is 1. The molecule has 0 amide bonds. The van der Waals surface area contributed by atoms with Crippen molar-refractivity contribution in [3.05, 3.63) is 16.5 Å². The summed E-state index contributed by atoms with van der Waals surface area (Å²) in [6.07, 6.45) is 2.80. The Morgan fingerprint density at radius 1 is 1.20 bits per heavy atom. The minimum Gasteiger partial charge on any atom is -0.477 e. The number of hydrogen-bond acceptors (Lipinski definition) is 3. The summed E-state index contributed by atoms with van der Waals surface area (Å²) in [5.74, 6) is 1.39. The van der Waals surface area contributed by atoms with Gasteiger partial charge in [0.05, 0.1) is 6.61 Å². The third kappa shape index (κ3) is 3.34. The zero-order chi connectivity index (χ0) is 11.3. The molecule has 0 aliphatic heterocycles. The molecule has 0 unspecified atom stereocenters. The second-order valence-corrected chi connectivity index (χ2v) is 3.82. The first kappa shape index (κ1) is 12.2. The molecule has 0 bridgehead atoms. The number of nitrogens with zero attached hydrogens (tertiary/aromatic N) is 2. The largest absolute Gasteiger partial charge is 0.477 e. The third-order valence-electron chi connectivity index (χ3n) is 2.00. The molecule has 1 rings (SSSR count). The molecule has 0 aliphatic rings. The summed E-state index contributed by atoms with van der Waals surface area (Å²) >= 11 is 6.00. The van der Waals surface area contributed by atoms with Crippen molar-refractivity contribution in [1.82, 2.24) is 9.97 Å². The summed E-state index contributed by atoms with van der Waals surface area (Å²) in [6, 6.07) is 0. The number of aromatic nitrogens is 2. The van der Waals surface area contributed by atoms with Gasteiger partial charge in [-0.2, -0.15) is 4.98 Å². The molecule has 0 fully saturated rings. The first-order chi connectivity index (χ1) is 7.19. The molecular weight excluding hydrogens is 212 g/mol. The van der Waals surface area contributed by atoms with Crippen molar-refractivity contribution in [3.63, 3.8) is 0 Å². The number of halogens is 1. The molecule has 0 radical (unpaired) electrons. The van der Waals surface area contributed by atoms with Gasteiger partial charge in [-0.1, -0.05) is 25.4 Å². The van der Waals surface area contributed by atoms with Crippen molar-refractivity contribution >= 4 is 11.6 Å². The highest BCUT2D eigenvalue weighted by Gasteiger charge is 2.09. The maximum absolute atomic E-state index is 6.00. The minimum absolute atomic E-state index is 0.500. The normalized spacial score (nSPS) is 10.4. The first-order valence-corrected chi connectivity index (χ1v) is 5.72. The third-order valence-corrected chi connectivity index (χ3v) is 2.37. The average Bonchev–Trinajstić information content (AvgIpc) is 2.21. The van der Waals surface area contributed by atoms with E-state index in [9.17, 15) is 0 Å². The predicted octanol–water partition coefficient (Wildman–Crippen LogP) is 3.18. The van der Waals surface area contributed by atoms with E-state index < -0.39 is 0 Å². The van der Waals surface area contributed by atoms with E-state index >= 15 is 0 Å². The molecular formula is C11H17ClN2O. The average molecular weight is 229 g/mol. The maximum Gasteiger partial charge on any atom is 0.221 e. The van der Waals surface area contributed by atoms with Crippen LogP contribution in [0.1, 0.15) is 38.1 Å². The van der Waals surface area contributed by atoms with Gasteiger partial charge >= 0.3 is 0 Å². The highest BCUT2D eigenvalue weighted by Crippen LogP contribution is 2.22. The van der Waals surface area contributed by atoms with Crippen molar-refractivity contribution in [3.8, 4) is 5.88 Å². The Morgan fingerprint density at radius 2 is 1.93 bits per heavy atom. The Bertz CT molecular complexity index is 329. The standard InChI is InChI=1S/C11H17ClN2O/c1-4-6-9-13-10(12)8(3)11(14-9)15-7-5-2/h4-7H2,1-3H3. The van der Waals surface area contributed by atoms with Crippen LogP contribution < -0.4 is 4.74 Å². The Hall–Kier alpha value is -0.830. The van der Waals surface area contributed by atoms with E-state index in [0.29, 0.717) is 17.6 Å². The van der Waals surface area contributed by atoms with Gasteiger partial charge in [0.15, 0.2) is 0 Å². The van der Waals surface area contributed by atoms with E-state index in [0.717, 1.165) is 30.7 Å². The molecule has 0 spiro atoms. The molecule has 1 aromatic heterocycles. The lowest BCUT2D eigenvalue weighted by Gasteiger charge is -2.09. The van der Waals surface area contributed by atoms with E-state index in [-0.39, 0.29) is 0 Å². The zero-order valence-electron chi connectivity index (χ0n) is 9.51. The zero-order valence-corrected chi connectivity index (χ0v) is 10.3. The van der Waals surface area contributed by atoms with E-state index in [4.69, 9.17) is 16.3 Å². The summed E-state index contributed by atoms with van der Waals surface area (Å²) in [7, 11) is 0. The Kier molecular flexibility index (Phi) is 4.82. The molecule has 0 aliphatic carbocycles. The predicted molar refractivity (Wildman–Crippen MR) is 61.6 cm³/mol. The van der Waals surface area contributed by atoms with Crippen LogP contribution in [0.15, 0.2) is 0 Å². The summed E-state index contributed by atoms with van der Waals surface area (Å²) in [5.41, 5.74) is 0.824. The molecule has 0 aromatic carbocycles. The van der Waals surface area contributed by atoms with Gasteiger partial charge in [-0.15, -0.1) is 0 Å². The molecule has 0 N–H and O–H groups in total. The van der Waals surface area contributed by atoms with Gasteiger partial charge in [-0.05, 0) is 19.8 Å². The number of aryl methyl sites for hydroxylation is 1. The van der Waals surface area contributed by atoms with Crippen molar-refractivity contribution in [1.29, 1.82) is 0 Å². The van der Waals surface area contributed by atoms with Gasteiger partial charge in [-0.25, -0.2) is 4.98 Å². The Balaban J connectivity index is 2.91. The van der Waals surface area contributed by atoms with Crippen LogP contribution in [0.5, 0.6) is 5.88 Å². The highest BCUT2D eigenvalue weighted by atomic mass is 35.5. The summed E-state index contributed by atoms with van der Waals surface area (Å²) in [4.78, 5) is 8.55. The van der Waals surface area contributed by atoms with Crippen molar-refractivity contribution in [2.75, 3.05) is 6.61 Å². The van der Waals surface area contributed by atoms with Crippen LogP contribution in [-0.4, -0.2) is 16.6 Å². The molecule has 0 saturated carbocycles. The molecule has 3 nitrogen and oxygen atoms in total. The Labute approximate surface area is 95.8 Å². The summed E-state index contributed by atoms with van der Waals surface area (Å²) < 4.78 is 5.52. The molecule has 1 aromatic rings. The smallest absolute Gasteiger partial charge is 0.221 e. The number of rotatable bonds is 5. The highest BCUT2D eigenvalue weighted by molar-refractivity contribution is 6.30. The SMILES string of the molecule is CCCOc1nc(CCC)nc(Cl)c1C. The first-order valence-electron chi connectivity index (χ1n) is 5.34. The fraction of sp³-hybridized carbons (Fsp3) is 0.636. The van der Waals surface area contributed by atoms with Crippen LogP contribution in [0.4, 0.5) is 0 Å². The summed E-state index contributed by atoms with van der Waals surface area (Å²) in [6.45, 7) is 6.69. The van der Waals surface area contributed by atoms with Crippen LogP contribution in [0, 0.1) is 6.92 Å². The van der Waals surface area contributed by atoms with Gasteiger partial charge in [-0.3, -0.25) is 0 Å². The van der Waals surface area contributed by atoms with Crippen LogP contribution in [-0.2, 0) is 6.42 Å². The van der Waals surface area contributed by atoms with Crippen LogP contribution in [0.3, 0.4) is 0 Å². The molecule has 4 heteroatoms. The molecule has 15 heavy (non-hydrogen) atoms. The summed E-state index contributed by atoms with van der Waals surface area (Å²) in [5, 5.41) is 0.500. The van der Waals surface area contributed by atoms with E-state index in [1.807, 2.05) is 6.92 Å². The van der Waals surface area contributed by atoms with Gasteiger partial charge in [0.1, 0.15) is 11.0 Å². The van der Waals surface area contributed by atoms with Gasteiger partial charge < -0.3 is 4.74 Å². The van der Waals surface area contributed by atoms with E-state index in [1.54, 1.807) is 0 Å². The van der Waals surface area contributed by atoms with Gasteiger partial charge in [0.2, 0.25) is 5.88 Å². The van der Waals surface area contributed by atoms with Gasteiger partial charge in [0.25, 0.3) is 0 Å². The van der Waals surface area contributed by atoms with Crippen molar-refractivity contribution in [2.45, 2.75) is 40.0 Å². The van der Waals surface area contributed by atoms with Crippen LogP contribution in [0.2, 0.25) is 5.15 Å². The van der Waals surface area contributed by atoms with E-state index in [1.165, 1.54) is 0 Å².